The maximum atomic E-state index is 14.4. The lowest BCUT2D eigenvalue weighted by Gasteiger charge is -2.37. The van der Waals surface area contributed by atoms with Crippen LogP contribution in [0.15, 0.2) is 77.7 Å². The van der Waals surface area contributed by atoms with Crippen LogP contribution in [0, 0.1) is 5.92 Å². The predicted molar refractivity (Wildman–Crippen MR) is 145 cm³/mol. The summed E-state index contributed by atoms with van der Waals surface area (Å²) in [7, 11) is -4.26. The van der Waals surface area contributed by atoms with Gasteiger partial charge in [-0.15, -0.1) is 0 Å². The molecule has 0 aromatic heterocycles. The van der Waals surface area contributed by atoms with Crippen LogP contribution in [0.25, 0.3) is 10.8 Å². The Balaban J connectivity index is 2.13. The normalized spacial score (nSPS) is 13.8. The van der Waals surface area contributed by atoms with Crippen LogP contribution in [0.5, 0.6) is 0 Å². The molecule has 0 saturated heterocycles. The first-order valence-corrected chi connectivity index (χ1v) is 14.3. The zero-order chi connectivity index (χ0) is 27.1. The molecule has 0 heterocycles. The van der Waals surface area contributed by atoms with Gasteiger partial charge in [-0.1, -0.05) is 87.4 Å². The van der Waals surface area contributed by atoms with Gasteiger partial charge in [0.1, 0.15) is 24.0 Å². The summed E-state index contributed by atoms with van der Waals surface area (Å²) >= 11 is 0. The zero-order valence-corrected chi connectivity index (χ0v) is 22.4. The smallest absolute Gasteiger partial charge is 0.346 e. The van der Waals surface area contributed by atoms with E-state index in [1.165, 1.54) is 6.07 Å². The van der Waals surface area contributed by atoms with Gasteiger partial charge in [0.05, 0.1) is 5.92 Å². The average Bonchev–Trinajstić information content (AvgIpc) is 2.91. The van der Waals surface area contributed by atoms with E-state index in [9.17, 15) is 23.1 Å². The van der Waals surface area contributed by atoms with E-state index < -0.39 is 37.7 Å². The second-order valence-corrected chi connectivity index (χ2v) is 11.6. The molecular formula is C29H37N2O5S+. The van der Waals surface area contributed by atoms with Crippen LogP contribution >= 0.6 is 0 Å². The lowest BCUT2D eigenvalue weighted by atomic mass is 9.91. The van der Waals surface area contributed by atoms with Gasteiger partial charge in [0.25, 0.3) is 0 Å². The summed E-state index contributed by atoms with van der Waals surface area (Å²) in [6.45, 7) is 3.93. The van der Waals surface area contributed by atoms with Crippen LogP contribution < -0.4 is 5.73 Å². The maximum Gasteiger partial charge on any atom is 0.346 e. The maximum absolute atomic E-state index is 14.4. The van der Waals surface area contributed by atoms with Crippen LogP contribution in [0.3, 0.4) is 0 Å². The summed E-state index contributed by atoms with van der Waals surface area (Å²) in [5.74, 6) is -3.25. The van der Waals surface area contributed by atoms with E-state index in [2.05, 4.69) is 0 Å². The van der Waals surface area contributed by atoms with Crippen LogP contribution in [-0.4, -0.2) is 48.4 Å². The minimum absolute atomic E-state index is 0.0284. The number of hydrogen-bond donors (Lipinski definition) is 2. The molecule has 0 fully saturated rings. The molecular weight excluding hydrogens is 488 g/mol. The summed E-state index contributed by atoms with van der Waals surface area (Å²) in [6.07, 6.45) is 2.33. The third kappa shape index (κ3) is 6.09. The minimum atomic E-state index is -4.26. The second-order valence-electron chi connectivity index (χ2n) is 9.53. The Hall–Kier alpha value is -3.07. The molecule has 0 radical (unpaired) electrons. The van der Waals surface area contributed by atoms with Crippen LogP contribution in [0.1, 0.15) is 45.1 Å². The fourth-order valence-corrected chi connectivity index (χ4v) is 6.74. The SMILES string of the molecule is CCCC[N+](CCCC)(C(=O)[C@@H](N)C(Cc1ccccc1)C(=O)O)S(=O)(=O)c1ccc2ccccc2c1. The summed E-state index contributed by atoms with van der Waals surface area (Å²) in [6, 6.07) is 19.7. The number of carbonyl (C=O) groups excluding carboxylic acids is 1. The molecule has 1 amide bonds. The van der Waals surface area contributed by atoms with Crippen molar-refractivity contribution in [3.8, 4) is 0 Å². The van der Waals surface area contributed by atoms with Crippen molar-refractivity contribution >= 4 is 32.7 Å². The highest BCUT2D eigenvalue weighted by Crippen LogP contribution is 2.31. The highest BCUT2D eigenvalue weighted by Gasteiger charge is 2.53. The number of carboxylic acids is 1. The number of unbranched alkanes of at least 4 members (excludes halogenated alkanes) is 2. The number of rotatable bonds is 13. The van der Waals surface area contributed by atoms with Gasteiger partial charge in [0.15, 0.2) is 0 Å². The van der Waals surface area contributed by atoms with Crippen molar-refractivity contribution in [3.05, 3.63) is 78.4 Å². The van der Waals surface area contributed by atoms with Crippen molar-refractivity contribution in [2.45, 2.75) is 56.9 Å². The van der Waals surface area contributed by atoms with Crippen molar-refractivity contribution < 1.29 is 27.0 Å². The van der Waals surface area contributed by atoms with Gasteiger partial charge in [-0.25, -0.2) is 4.79 Å². The molecule has 0 aliphatic rings. The molecule has 0 saturated carbocycles. The van der Waals surface area contributed by atoms with Crippen LogP contribution in [0.2, 0.25) is 0 Å². The Bertz CT molecular complexity index is 1320. The predicted octanol–water partition coefficient (Wildman–Crippen LogP) is 4.74. The molecule has 0 bridgehead atoms. The number of quaternary nitrogens is 1. The lowest BCUT2D eigenvalue weighted by molar-refractivity contribution is -0.730. The molecule has 3 aromatic carbocycles. The molecule has 1 unspecified atom stereocenters. The average molecular weight is 526 g/mol. The Labute approximate surface area is 219 Å². The lowest BCUT2D eigenvalue weighted by Crippen LogP contribution is -2.64. The van der Waals surface area contributed by atoms with Gasteiger partial charge in [-0.3, -0.25) is 4.79 Å². The first-order valence-electron chi connectivity index (χ1n) is 12.9. The van der Waals surface area contributed by atoms with E-state index in [-0.39, 0.29) is 24.4 Å². The standard InChI is InChI=1S/C29H36N2O5S/c1-3-5-18-31(19-6-4-2,37(35,36)25-17-16-23-14-10-11-15-24(23)21-25)28(32)27(30)26(29(33)34)20-22-12-8-7-9-13-22/h7-17,21,26-27H,3-6,18-20,30H2,1-2H3/p+1/t26?,27-/m0/s1. The molecule has 0 aliphatic carbocycles. The fraction of sp³-hybridized carbons (Fsp3) is 0.379. The largest absolute Gasteiger partial charge is 0.481 e. The highest BCUT2D eigenvalue weighted by atomic mass is 32.2. The van der Waals surface area contributed by atoms with E-state index in [4.69, 9.17) is 5.73 Å². The van der Waals surface area contributed by atoms with Gasteiger partial charge in [0, 0.05) is 0 Å². The van der Waals surface area contributed by atoms with Gasteiger partial charge in [-0.05, 0) is 47.7 Å². The first kappa shape index (κ1) is 28.5. The Kier molecular flexibility index (Phi) is 9.59. The van der Waals surface area contributed by atoms with Crippen molar-refractivity contribution in [2.24, 2.45) is 11.7 Å². The van der Waals surface area contributed by atoms with Crippen molar-refractivity contribution in [2.75, 3.05) is 13.1 Å². The monoisotopic (exact) mass is 525 g/mol. The van der Waals surface area contributed by atoms with Gasteiger partial charge in [0.2, 0.25) is 0 Å². The highest BCUT2D eigenvalue weighted by molar-refractivity contribution is 7.86. The molecule has 3 rings (SSSR count). The summed E-state index contributed by atoms with van der Waals surface area (Å²) in [5, 5.41) is 11.7. The molecule has 198 valence electrons. The number of nitrogens with zero attached hydrogens (tertiary/aromatic N) is 1. The number of aliphatic carboxylic acids is 1. The van der Waals surface area contributed by atoms with E-state index in [1.54, 1.807) is 36.4 Å². The molecule has 2 atom stereocenters. The molecule has 37 heavy (non-hydrogen) atoms. The quantitative estimate of drug-likeness (QED) is 0.312. The first-order chi connectivity index (χ1) is 17.7. The number of sulfonamides is 1. The molecule has 3 aromatic rings. The van der Waals surface area contributed by atoms with E-state index >= 15 is 0 Å². The molecule has 7 nitrogen and oxygen atoms in total. The topological polar surface area (TPSA) is 115 Å². The Morgan fingerprint density at radius 2 is 1.43 bits per heavy atom. The van der Waals surface area contributed by atoms with Crippen LogP contribution in [0.4, 0.5) is 0 Å². The van der Waals surface area contributed by atoms with Crippen molar-refractivity contribution in [1.29, 1.82) is 0 Å². The summed E-state index contributed by atoms with van der Waals surface area (Å²) in [4.78, 5) is 26.5. The summed E-state index contributed by atoms with van der Waals surface area (Å²) < 4.78 is 27.8. The van der Waals surface area contributed by atoms with Crippen LogP contribution in [-0.2, 0) is 26.0 Å². The van der Waals surface area contributed by atoms with Gasteiger partial charge < -0.3 is 10.8 Å². The number of carbonyl (C=O) groups is 2. The van der Waals surface area contributed by atoms with E-state index in [0.29, 0.717) is 25.7 Å². The number of benzene rings is 3. The number of hydrogen-bond acceptors (Lipinski definition) is 5. The number of fused-ring (bicyclic) bond motifs is 1. The number of amides is 1. The molecule has 3 N–H and O–H groups in total. The summed E-state index contributed by atoms with van der Waals surface area (Å²) in [5.41, 5.74) is 7.11. The second kappa shape index (κ2) is 12.4. The van der Waals surface area contributed by atoms with Crippen molar-refractivity contribution in [3.63, 3.8) is 0 Å². The van der Waals surface area contributed by atoms with E-state index in [0.717, 1.165) is 16.3 Å². The van der Waals surface area contributed by atoms with Gasteiger partial charge >= 0.3 is 21.9 Å². The van der Waals surface area contributed by atoms with Gasteiger partial charge in [-0.2, -0.15) is 12.3 Å². The number of nitrogens with two attached hydrogens (primary N) is 1. The zero-order valence-electron chi connectivity index (χ0n) is 21.5. The third-order valence-electron chi connectivity index (χ3n) is 6.96. The molecule has 0 spiro atoms. The van der Waals surface area contributed by atoms with E-state index in [1.807, 2.05) is 44.2 Å². The Morgan fingerprint density at radius 3 is 2.00 bits per heavy atom. The molecule has 0 aliphatic heterocycles. The fourth-order valence-electron chi connectivity index (χ4n) is 4.73. The van der Waals surface area contributed by atoms with Crippen molar-refractivity contribution in [1.82, 2.24) is 0 Å². The molecule has 8 heteroatoms. The third-order valence-corrected chi connectivity index (χ3v) is 9.28. The number of carboxylic acid groups (broad SMARTS) is 1. The Morgan fingerprint density at radius 1 is 0.865 bits per heavy atom. The minimum Gasteiger partial charge on any atom is -0.481 e.